The van der Waals surface area contributed by atoms with Crippen molar-refractivity contribution >= 4 is 5.97 Å². The van der Waals surface area contributed by atoms with Gasteiger partial charge in [0.15, 0.2) is 0 Å². The molecule has 0 saturated heterocycles. The van der Waals surface area contributed by atoms with E-state index in [1.807, 2.05) is 0 Å². The number of aliphatic carboxylic acids is 1. The number of rotatable bonds is 6. The van der Waals surface area contributed by atoms with E-state index < -0.39 is 43.1 Å². The molecule has 0 aromatic heterocycles. The van der Waals surface area contributed by atoms with E-state index in [1.165, 1.54) is 0 Å². The third kappa shape index (κ3) is 5.47. The molecular weight excluding hydrogens is 251 g/mol. The molecule has 5 unspecified atom stereocenters. The molecule has 16 heavy (non-hydrogen) atoms. The molecule has 0 aliphatic heterocycles. The molecule has 0 amide bonds. The molecule has 0 saturated carbocycles. The summed E-state index contributed by atoms with van der Waals surface area (Å²) in [5.41, 5.74) is 0. The van der Waals surface area contributed by atoms with Gasteiger partial charge in [0, 0.05) is 0 Å². The summed E-state index contributed by atoms with van der Waals surface area (Å²) in [6, 6.07) is 0. The summed E-state index contributed by atoms with van der Waals surface area (Å²) in [6.07, 6.45) is -10.5. The Morgan fingerprint density at radius 3 is 1.75 bits per heavy atom. The van der Waals surface area contributed by atoms with E-state index in [-0.39, 0.29) is 51.4 Å². The fourth-order valence-corrected chi connectivity index (χ4v) is 0.864. The number of hydrogen-bond donors (Lipinski definition) is 6. The van der Waals surface area contributed by atoms with Crippen LogP contribution in [0.3, 0.4) is 0 Å². The molecule has 8 nitrogen and oxygen atoms in total. The van der Waals surface area contributed by atoms with Crippen LogP contribution in [0.5, 0.6) is 0 Å². The van der Waals surface area contributed by atoms with Gasteiger partial charge in [-0.1, -0.05) is 0 Å². The van der Waals surface area contributed by atoms with Crippen LogP contribution in [0, 0.1) is 0 Å². The van der Waals surface area contributed by atoms with Gasteiger partial charge in [-0.3, -0.25) is 0 Å². The molecule has 90 valence electrons. The van der Waals surface area contributed by atoms with Crippen LogP contribution in [0.25, 0.3) is 0 Å². The Balaban J connectivity index is 0. The third-order valence-corrected chi connectivity index (χ3v) is 1.85. The van der Waals surface area contributed by atoms with Gasteiger partial charge in [0.2, 0.25) is 0 Å². The van der Waals surface area contributed by atoms with Crippen molar-refractivity contribution in [1.82, 2.24) is 0 Å². The van der Waals surface area contributed by atoms with Crippen LogP contribution in [-0.2, 0) is 4.79 Å². The van der Waals surface area contributed by atoms with Crippen LogP contribution in [0.4, 0.5) is 0 Å². The molecule has 9 heteroatoms. The molecule has 0 spiro atoms. The molecule has 0 aliphatic rings. The van der Waals surface area contributed by atoms with Crippen LogP contribution in [0.1, 0.15) is 0 Å². The summed E-state index contributed by atoms with van der Waals surface area (Å²) >= 11 is 0. The first-order valence-electron chi connectivity index (χ1n) is 4.05. The van der Waals surface area contributed by atoms with E-state index in [0.29, 0.717) is 0 Å². The second kappa shape index (κ2) is 8.88. The molecule has 0 heterocycles. The molecule has 0 radical (unpaired) electrons. The van der Waals surface area contributed by atoms with Crippen molar-refractivity contribution in [3.63, 3.8) is 0 Å². The predicted octanol–water partition coefficient (Wildman–Crippen LogP) is -8.46. The number of hydrogen-bond acceptors (Lipinski definition) is 8. The first-order valence-corrected chi connectivity index (χ1v) is 4.05. The maximum Gasteiger partial charge on any atom is 1.00 e. The molecule has 5 atom stereocenters. The first-order chi connectivity index (χ1) is 6.82. The quantitative estimate of drug-likeness (QED) is 0.258. The zero-order chi connectivity index (χ0) is 12.2. The number of carbonyl (C=O) groups is 1. The second-order valence-electron chi connectivity index (χ2n) is 2.99. The van der Waals surface area contributed by atoms with Crippen LogP contribution >= 0.6 is 0 Å². The maximum atomic E-state index is 10.1. The van der Waals surface area contributed by atoms with Crippen molar-refractivity contribution in [1.29, 1.82) is 0 Å². The number of aliphatic hydroxyl groups is 6. The Morgan fingerprint density at radius 1 is 1.00 bits per heavy atom. The molecule has 6 N–H and O–H groups in total. The number of carbonyl (C=O) groups excluding carboxylic acids is 1. The van der Waals surface area contributed by atoms with Gasteiger partial charge in [-0.2, -0.15) is 0 Å². The summed E-state index contributed by atoms with van der Waals surface area (Å²) in [5.74, 6) is -2.03. The van der Waals surface area contributed by atoms with E-state index in [4.69, 9.17) is 30.6 Å². The molecule has 0 aromatic carbocycles. The van der Waals surface area contributed by atoms with Crippen LogP contribution in [0.2, 0.25) is 0 Å². The van der Waals surface area contributed by atoms with Gasteiger partial charge >= 0.3 is 51.4 Å². The number of aliphatic hydroxyl groups excluding tert-OH is 6. The predicted molar refractivity (Wildman–Crippen MR) is 42.1 cm³/mol. The largest absolute Gasteiger partial charge is 1.00 e. The topological polar surface area (TPSA) is 162 Å². The fourth-order valence-electron chi connectivity index (χ4n) is 0.864. The van der Waals surface area contributed by atoms with Gasteiger partial charge in [-0.15, -0.1) is 0 Å². The monoisotopic (exact) mass is 264 g/mol. The van der Waals surface area contributed by atoms with Crippen molar-refractivity contribution in [2.24, 2.45) is 0 Å². The number of carboxylic acids is 1. The van der Waals surface area contributed by atoms with Gasteiger partial charge in [0.25, 0.3) is 0 Å². The Labute approximate surface area is 134 Å². The molecule has 0 aliphatic carbocycles. The first kappa shape index (κ1) is 19.2. The molecule has 0 rings (SSSR count). The van der Waals surface area contributed by atoms with E-state index in [2.05, 4.69) is 0 Å². The normalized spacial score (nSPS) is 20.1. The maximum absolute atomic E-state index is 10.1. The Hall–Kier alpha value is 0.866. The molecule has 0 fully saturated rings. The Morgan fingerprint density at radius 2 is 1.44 bits per heavy atom. The van der Waals surface area contributed by atoms with E-state index in [0.717, 1.165) is 0 Å². The Bertz CT molecular complexity index is 213. The molecule has 0 aromatic rings. The van der Waals surface area contributed by atoms with Gasteiger partial charge in [0.1, 0.15) is 30.5 Å². The SMILES string of the molecule is O=C([O-])C(O)C(O)C(O)C(O)C(O)CO.[K+]. The minimum Gasteiger partial charge on any atom is -0.547 e. The molecular formula is C7H13KO8. The van der Waals surface area contributed by atoms with Gasteiger partial charge in [0.05, 0.1) is 12.6 Å². The summed E-state index contributed by atoms with van der Waals surface area (Å²) in [4.78, 5) is 10.1. The van der Waals surface area contributed by atoms with Crippen molar-refractivity contribution in [3.8, 4) is 0 Å². The van der Waals surface area contributed by atoms with Gasteiger partial charge in [-0.05, 0) is 0 Å². The minimum atomic E-state index is -2.40. The summed E-state index contributed by atoms with van der Waals surface area (Å²) in [6.45, 7) is -0.896. The van der Waals surface area contributed by atoms with Crippen molar-refractivity contribution in [3.05, 3.63) is 0 Å². The summed E-state index contributed by atoms with van der Waals surface area (Å²) < 4.78 is 0. The van der Waals surface area contributed by atoms with Crippen molar-refractivity contribution in [2.75, 3.05) is 6.61 Å². The second-order valence-corrected chi connectivity index (χ2v) is 2.99. The fraction of sp³-hybridized carbons (Fsp3) is 0.857. The van der Waals surface area contributed by atoms with E-state index in [9.17, 15) is 9.90 Å². The van der Waals surface area contributed by atoms with Crippen LogP contribution in [0.15, 0.2) is 0 Å². The van der Waals surface area contributed by atoms with Gasteiger partial charge in [-0.25, -0.2) is 0 Å². The van der Waals surface area contributed by atoms with Crippen molar-refractivity contribution < 1.29 is 91.9 Å². The van der Waals surface area contributed by atoms with Crippen LogP contribution < -0.4 is 56.5 Å². The zero-order valence-electron chi connectivity index (χ0n) is 8.59. The van der Waals surface area contributed by atoms with E-state index in [1.54, 1.807) is 0 Å². The summed E-state index contributed by atoms with van der Waals surface area (Å²) in [7, 11) is 0. The molecule has 0 bridgehead atoms. The van der Waals surface area contributed by atoms with E-state index >= 15 is 0 Å². The summed E-state index contributed by atoms with van der Waals surface area (Å²) in [5, 5.41) is 63.2. The average Bonchev–Trinajstić information content (AvgIpc) is 2.23. The zero-order valence-corrected chi connectivity index (χ0v) is 11.7. The third-order valence-electron chi connectivity index (χ3n) is 1.85. The number of carboxylic acid groups (broad SMARTS) is 1. The smallest absolute Gasteiger partial charge is 0.547 e. The Kier molecular flexibility index (Phi) is 10.7. The average molecular weight is 264 g/mol. The van der Waals surface area contributed by atoms with Crippen molar-refractivity contribution in [2.45, 2.75) is 30.5 Å². The van der Waals surface area contributed by atoms with Gasteiger partial charge < -0.3 is 40.5 Å². The minimum absolute atomic E-state index is 0. The standard InChI is InChI=1S/C7H14O8.K/c8-1-2(9)3(10)4(11)5(12)6(13)7(14)15;/h2-6,8-13H,1H2,(H,14,15);/q;+1/p-1. The van der Waals surface area contributed by atoms with Crippen LogP contribution in [-0.4, -0.2) is 73.7 Å².